The molecular formula is C68H64N6O6. The molecule has 2 heterocycles. The molecule has 4 atom stereocenters. The van der Waals surface area contributed by atoms with Gasteiger partial charge in [0.1, 0.15) is 0 Å². The number of carboxylic acid groups (broad SMARTS) is 2. The normalized spacial score (nSPS) is 16.6. The number of carbonyl (C=O) groups is 4. The highest BCUT2D eigenvalue weighted by Gasteiger charge is 2.33. The number of anilines is 2. The van der Waals surface area contributed by atoms with Gasteiger partial charge in [0, 0.05) is 48.2 Å². The van der Waals surface area contributed by atoms with Crippen LogP contribution in [0.3, 0.4) is 0 Å². The highest BCUT2D eigenvalue weighted by Crippen LogP contribution is 2.29. The smallest absolute Gasteiger partial charge is 0.328 e. The number of carbonyl (C=O) groups excluding carboxylic acids is 2. The summed E-state index contributed by atoms with van der Waals surface area (Å²) in [5, 5.41) is 27.8. The van der Waals surface area contributed by atoms with Crippen molar-refractivity contribution in [2.24, 2.45) is 9.98 Å². The third-order valence-corrected chi connectivity index (χ3v) is 15.0. The Morgan fingerprint density at radius 3 is 1.12 bits per heavy atom. The number of aliphatic carboxylic acids is 2. The van der Waals surface area contributed by atoms with Crippen LogP contribution in [0.5, 0.6) is 0 Å². The fraction of sp³-hybridized carbons (Fsp3) is 0.206. The van der Waals surface area contributed by atoms with Crippen LogP contribution in [-0.2, 0) is 45.1 Å². The molecule has 2 amide bonds. The van der Waals surface area contributed by atoms with E-state index in [-0.39, 0.29) is 36.7 Å². The number of benzene rings is 8. The molecule has 10 rings (SSSR count). The van der Waals surface area contributed by atoms with E-state index >= 15 is 0 Å². The Hall–Kier alpha value is -9.10. The van der Waals surface area contributed by atoms with Crippen molar-refractivity contribution in [3.63, 3.8) is 0 Å². The predicted octanol–water partition coefficient (Wildman–Crippen LogP) is 11.6. The van der Waals surface area contributed by atoms with E-state index in [2.05, 4.69) is 44.7 Å². The molecule has 8 aromatic carbocycles. The Labute approximate surface area is 467 Å². The van der Waals surface area contributed by atoms with Gasteiger partial charge in [0.05, 0.1) is 34.9 Å². The number of nitrogens with zero attached hydrogens (tertiary/aromatic N) is 4. The number of para-hydroxylation sites is 2. The van der Waals surface area contributed by atoms with E-state index < -0.39 is 24.0 Å². The van der Waals surface area contributed by atoms with E-state index in [1.54, 1.807) is 0 Å². The van der Waals surface area contributed by atoms with Crippen molar-refractivity contribution in [2.45, 2.75) is 75.8 Å². The number of likely N-dealkylation sites (tertiary alicyclic amines) is 2. The van der Waals surface area contributed by atoms with Crippen molar-refractivity contribution in [1.82, 2.24) is 9.80 Å². The van der Waals surface area contributed by atoms with Gasteiger partial charge in [0.2, 0.25) is 11.8 Å². The summed E-state index contributed by atoms with van der Waals surface area (Å²) in [6.45, 7) is 2.98. The minimum absolute atomic E-state index is 0.110. The molecule has 80 heavy (non-hydrogen) atoms. The summed E-state index contributed by atoms with van der Waals surface area (Å²) in [7, 11) is 0. The van der Waals surface area contributed by atoms with Gasteiger partial charge in [-0.25, -0.2) is 9.59 Å². The first-order valence-corrected chi connectivity index (χ1v) is 27.4. The molecular weight excluding hydrogens is 997 g/mol. The monoisotopic (exact) mass is 1060 g/mol. The summed E-state index contributed by atoms with van der Waals surface area (Å²) in [5.41, 5.74) is 10.4. The lowest BCUT2D eigenvalue weighted by atomic mass is 9.97. The Morgan fingerprint density at radius 1 is 0.425 bits per heavy atom. The Morgan fingerprint density at radius 2 is 0.762 bits per heavy atom. The number of carboxylic acids is 2. The molecule has 2 fully saturated rings. The first-order chi connectivity index (χ1) is 39.1. The van der Waals surface area contributed by atoms with Gasteiger partial charge in [-0.1, -0.05) is 206 Å². The maximum atomic E-state index is 14.0. The van der Waals surface area contributed by atoms with Crippen molar-refractivity contribution in [3.8, 4) is 11.1 Å². The quantitative estimate of drug-likeness (QED) is 0.0517. The van der Waals surface area contributed by atoms with E-state index in [4.69, 9.17) is 9.98 Å². The lowest BCUT2D eigenvalue weighted by Crippen LogP contribution is -2.39. The third kappa shape index (κ3) is 13.6. The second-order valence-electron chi connectivity index (χ2n) is 20.5. The predicted molar refractivity (Wildman–Crippen MR) is 316 cm³/mol. The number of hydrogen-bond donors (Lipinski definition) is 4. The number of nitrogens with one attached hydrogen (secondary N) is 2. The maximum Gasteiger partial charge on any atom is 0.328 e. The lowest BCUT2D eigenvalue weighted by molar-refractivity contribution is -0.139. The van der Waals surface area contributed by atoms with Gasteiger partial charge in [-0.2, -0.15) is 0 Å². The van der Waals surface area contributed by atoms with E-state index in [1.807, 2.05) is 194 Å². The van der Waals surface area contributed by atoms with Crippen molar-refractivity contribution in [3.05, 3.63) is 263 Å². The molecule has 0 aromatic heterocycles. The molecule has 12 heteroatoms. The Bertz CT molecular complexity index is 3230. The minimum Gasteiger partial charge on any atom is -0.480 e. The van der Waals surface area contributed by atoms with Crippen molar-refractivity contribution >= 4 is 46.6 Å². The van der Waals surface area contributed by atoms with Crippen molar-refractivity contribution in [2.75, 3.05) is 23.7 Å². The summed E-state index contributed by atoms with van der Waals surface area (Å²) >= 11 is 0. The Kier molecular flexibility index (Phi) is 17.7. The van der Waals surface area contributed by atoms with Crippen molar-refractivity contribution < 1.29 is 29.4 Å². The zero-order chi connectivity index (χ0) is 55.2. The van der Waals surface area contributed by atoms with Crippen LogP contribution in [0.4, 0.5) is 11.4 Å². The highest BCUT2D eigenvalue weighted by atomic mass is 16.4. The molecule has 0 aliphatic carbocycles. The fourth-order valence-corrected chi connectivity index (χ4v) is 10.9. The van der Waals surface area contributed by atoms with Crippen LogP contribution < -0.4 is 10.6 Å². The largest absolute Gasteiger partial charge is 0.480 e. The molecule has 402 valence electrons. The van der Waals surface area contributed by atoms with Crippen LogP contribution in [0.2, 0.25) is 0 Å². The van der Waals surface area contributed by atoms with Gasteiger partial charge in [-0.15, -0.1) is 0 Å². The van der Waals surface area contributed by atoms with E-state index in [1.165, 1.54) is 0 Å². The van der Waals surface area contributed by atoms with Crippen molar-refractivity contribution in [1.29, 1.82) is 0 Å². The zero-order valence-electron chi connectivity index (χ0n) is 44.5. The first-order valence-electron chi connectivity index (χ1n) is 27.4. The number of rotatable bonds is 21. The highest BCUT2D eigenvalue weighted by molar-refractivity contribution is 6.19. The maximum absolute atomic E-state index is 14.0. The molecule has 0 saturated carbocycles. The fourth-order valence-electron chi connectivity index (χ4n) is 10.9. The van der Waals surface area contributed by atoms with E-state index in [0.717, 1.165) is 83.3 Å². The molecule has 0 radical (unpaired) electrons. The molecule has 2 saturated heterocycles. The third-order valence-electron chi connectivity index (χ3n) is 15.0. The second-order valence-corrected chi connectivity index (χ2v) is 20.5. The summed E-state index contributed by atoms with van der Waals surface area (Å²) < 4.78 is 0. The van der Waals surface area contributed by atoms with E-state index in [9.17, 15) is 29.4 Å². The summed E-state index contributed by atoms with van der Waals surface area (Å²) in [6.07, 6.45) is 3.53. The molecule has 0 spiro atoms. The first kappa shape index (κ1) is 54.3. The van der Waals surface area contributed by atoms with Crippen LogP contribution in [0.15, 0.2) is 228 Å². The molecule has 2 aliphatic rings. The van der Waals surface area contributed by atoms with Crippen LogP contribution >= 0.6 is 0 Å². The standard InChI is InChI=1S/C68H64N6O6/c75-65(61-31-17-41-73(61)45-49-19-5-1-6-20-49)71-57-29-15-13-27-55(57)63(53-23-9-3-10-24-53)69-59(67(77)78)43-47-33-37-51(38-34-47)52-39-35-48(36-40-52)44-60(68(79)80)70-64(54-25-11-4-12-26-54)56-28-14-16-30-58(56)72-66(76)62-32-18-42-74(62)46-50-21-7-2-8-22-50/h1-16,19-30,33-40,59-62H,17-18,31-32,41-46H2,(H,71,75)(H,72,76)(H,77,78)(H,79,80)/t59-,60-,61-,62-/m0/s1. The lowest BCUT2D eigenvalue weighted by Gasteiger charge is -2.24. The summed E-state index contributed by atoms with van der Waals surface area (Å²) in [4.78, 5) is 68.5. The van der Waals surface area contributed by atoms with Gasteiger partial charge in [-0.05, 0) is 84.3 Å². The van der Waals surface area contributed by atoms with Gasteiger partial charge in [-0.3, -0.25) is 29.4 Å². The van der Waals surface area contributed by atoms with Gasteiger partial charge in [0.25, 0.3) is 0 Å². The number of amides is 2. The molecule has 8 aromatic rings. The van der Waals surface area contributed by atoms with Gasteiger partial charge in [0.15, 0.2) is 12.1 Å². The minimum atomic E-state index is -1.15. The second kappa shape index (κ2) is 26.0. The SMILES string of the molecule is O=C(O)[C@H](Cc1ccc(-c2ccc(C[C@H](N=C(c3ccccc3)c3ccccc3NC(=O)[C@@H]3CCCN3Cc3ccccc3)C(=O)O)cc2)cc1)N=C(c1ccccc1)c1ccccc1NC(=O)[C@@H]1CCCN1Cc1ccccc1. The summed E-state index contributed by atoms with van der Waals surface area (Å²) in [5.74, 6) is -2.38. The molecule has 0 unspecified atom stereocenters. The Balaban J connectivity index is 0.842. The molecule has 12 nitrogen and oxygen atoms in total. The average Bonchev–Trinajstić information content (AvgIpc) is 4.17. The average molecular weight is 1060 g/mol. The van der Waals surface area contributed by atoms with Crippen LogP contribution in [0.25, 0.3) is 11.1 Å². The van der Waals surface area contributed by atoms with Gasteiger partial charge >= 0.3 is 11.9 Å². The zero-order valence-corrected chi connectivity index (χ0v) is 44.5. The number of hydrogen-bond acceptors (Lipinski definition) is 8. The topological polar surface area (TPSA) is 164 Å². The number of aliphatic imine (C=N–C) groups is 2. The molecule has 2 aliphatic heterocycles. The summed E-state index contributed by atoms with van der Waals surface area (Å²) in [6, 6.07) is 66.5. The van der Waals surface area contributed by atoms with E-state index in [0.29, 0.717) is 47.0 Å². The van der Waals surface area contributed by atoms with Crippen LogP contribution in [-0.4, -0.2) is 92.4 Å². The molecule has 4 N–H and O–H groups in total. The van der Waals surface area contributed by atoms with Crippen LogP contribution in [0, 0.1) is 0 Å². The van der Waals surface area contributed by atoms with Gasteiger partial charge < -0.3 is 20.8 Å². The van der Waals surface area contributed by atoms with Crippen LogP contribution in [0.1, 0.15) is 70.2 Å². The molecule has 0 bridgehead atoms.